The molecule has 24 heavy (non-hydrogen) atoms. The molecule has 4 rings (SSSR count). The van der Waals surface area contributed by atoms with Gasteiger partial charge in [-0.05, 0) is 19.4 Å². The number of ether oxygens (including phenoxy) is 1. The first-order valence-corrected chi connectivity index (χ1v) is 8.17. The molecule has 4 aromatic rings. The van der Waals surface area contributed by atoms with Gasteiger partial charge in [-0.25, -0.2) is 0 Å². The summed E-state index contributed by atoms with van der Waals surface area (Å²) in [6.45, 7) is 4.69. The Morgan fingerprint density at radius 3 is 2.38 bits per heavy atom. The zero-order valence-electron chi connectivity index (χ0n) is 13.8. The van der Waals surface area contributed by atoms with Gasteiger partial charge in [-0.15, -0.1) is 0 Å². The minimum atomic E-state index is 0.227. The Hall–Kier alpha value is -2.88. The molecule has 0 saturated carbocycles. The van der Waals surface area contributed by atoms with Gasteiger partial charge in [0.2, 0.25) is 0 Å². The summed E-state index contributed by atoms with van der Waals surface area (Å²) in [5.41, 5.74) is 2.93. The molecular formula is C20H19N3O. The van der Waals surface area contributed by atoms with Crippen LogP contribution < -0.4 is 4.74 Å². The maximum atomic E-state index is 6.11. The molecule has 4 nitrogen and oxygen atoms in total. The van der Waals surface area contributed by atoms with Crippen molar-refractivity contribution in [1.82, 2.24) is 15.0 Å². The predicted molar refractivity (Wildman–Crippen MR) is 96.2 cm³/mol. The van der Waals surface area contributed by atoms with Crippen molar-refractivity contribution in [2.75, 3.05) is 0 Å². The van der Waals surface area contributed by atoms with Crippen LogP contribution in [0.4, 0.5) is 0 Å². The first-order chi connectivity index (χ1) is 11.7. The monoisotopic (exact) mass is 317 g/mol. The molecule has 0 spiro atoms. The molecule has 0 aliphatic carbocycles. The van der Waals surface area contributed by atoms with E-state index in [1.54, 1.807) is 4.80 Å². The number of hydrogen-bond donors (Lipinski definition) is 0. The highest BCUT2D eigenvalue weighted by molar-refractivity contribution is 6.06. The summed E-state index contributed by atoms with van der Waals surface area (Å²) in [5.74, 6) is 0.845. The fourth-order valence-corrected chi connectivity index (χ4v) is 2.81. The highest BCUT2D eigenvalue weighted by atomic mass is 16.5. The van der Waals surface area contributed by atoms with Crippen molar-refractivity contribution in [3.8, 4) is 5.75 Å². The number of fused-ring (bicyclic) bond motifs is 3. The molecule has 0 N–H and O–H groups in total. The molecule has 0 radical (unpaired) electrons. The average Bonchev–Trinajstić information content (AvgIpc) is 3.05. The minimum Gasteiger partial charge on any atom is -0.488 e. The van der Waals surface area contributed by atoms with Crippen LogP contribution in [-0.2, 0) is 6.61 Å². The maximum Gasteiger partial charge on any atom is 0.130 e. The second kappa shape index (κ2) is 5.96. The van der Waals surface area contributed by atoms with Crippen LogP contribution in [0.5, 0.6) is 5.75 Å². The lowest BCUT2D eigenvalue weighted by Gasteiger charge is -2.09. The molecule has 0 saturated heterocycles. The fraction of sp³-hybridized carbons (Fsp3) is 0.200. The fourth-order valence-electron chi connectivity index (χ4n) is 2.81. The SMILES string of the molecule is CC(C)n1nc2cc(OCc3ccccc3)c3ccccc3c2n1. The summed E-state index contributed by atoms with van der Waals surface area (Å²) < 4.78 is 6.11. The number of hydrogen-bond acceptors (Lipinski definition) is 3. The number of benzene rings is 3. The predicted octanol–water partition coefficient (Wildman–Crippen LogP) is 4.74. The third-order valence-electron chi connectivity index (χ3n) is 4.07. The second-order valence-electron chi connectivity index (χ2n) is 6.18. The van der Waals surface area contributed by atoms with Crippen LogP contribution in [0.15, 0.2) is 60.7 Å². The smallest absolute Gasteiger partial charge is 0.130 e. The normalized spacial score (nSPS) is 11.5. The Bertz CT molecular complexity index is 990. The van der Waals surface area contributed by atoms with Crippen molar-refractivity contribution < 1.29 is 4.74 Å². The third kappa shape index (κ3) is 2.60. The van der Waals surface area contributed by atoms with Crippen molar-refractivity contribution in [2.24, 2.45) is 0 Å². The van der Waals surface area contributed by atoms with Crippen molar-refractivity contribution in [3.05, 3.63) is 66.2 Å². The topological polar surface area (TPSA) is 39.9 Å². The van der Waals surface area contributed by atoms with E-state index in [1.807, 2.05) is 36.4 Å². The van der Waals surface area contributed by atoms with E-state index >= 15 is 0 Å². The molecule has 3 aromatic carbocycles. The Morgan fingerprint density at radius 2 is 1.62 bits per heavy atom. The van der Waals surface area contributed by atoms with Crippen LogP contribution in [0, 0.1) is 0 Å². The standard InChI is InChI=1S/C20H19N3O/c1-14(2)23-21-18-12-19(24-13-15-8-4-3-5-9-15)16-10-6-7-11-17(16)20(18)22-23/h3-12,14H,13H2,1-2H3. The first-order valence-electron chi connectivity index (χ1n) is 8.17. The summed E-state index contributed by atoms with van der Waals surface area (Å²) in [4.78, 5) is 1.76. The highest BCUT2D eigenvalue weighted by Crippen LogP contribution is 2.32. The lowest BCUT2D eigenvalue weighted by atomic mass is 10.1. The van der Waals surface area contributed by atoms with E-state index in [1.165, 1.54) is 0 Å². The molecule has 0 bridgehead atoms. The van der Waals surface area contributed by atoms with Crippen LogP contribution in [0.25, 0.3) is 21.8 Å². The zero-order valence-corrected chi connectivity index (χ0v) is 13.8. The Balaban J connectivity index is 1.81. The third-order valence-corrected chi connectivity index (χ3v) is 4.07. The Labute approximate surface area is 140 Å². The van der Waals surface area contributed by atoms with E-state index in [9.17, 15) is 0 Å². The van der Waals surface area contributed by atoms with E-state index in [0.717, 1.165) is 33.1 Å². The largest absolute Gasteiger partial charge is 0.488 e. The molecule has 0 aliphatic rings. The van der Waals surface area contributed by atoms with Crippen LogP contribution in [-0.4, -0.2) is 15.0 Å². The van der Waals surface area contributed by atoms with E-state index in [-0.39, 0.29) is 6.04 Å². The lowest BCUT2D eigenvalue weighted by molar-refractivity contribution is 0.310. The molecular weight excluding hydrogens is 298 g/mol. The van der Waals surface area contributed by atoms with Gasteiger partial charge in [0.1, 0.15) is 23.4 Å². The van der Waals surface area contributed by atoms with Crippen molar-refractivity contribution >= 4 is 21.8 Å². The van der Waals surface area contributed by atoms with E-state index in [0.29, 0.717) is 6.61 Å². The summed E-state index contributed by atoms with van der Waals surface area (Å²) in [6, 6.07) is 20.6. The van der Waals surface area contributed by atoms with Crippen LogP contribution in [0.2, 0.25) is 0 Å². The van der Waals surface area contributed by atoms with Gasteiger partial charge in [0, 0.05) is 16.8 Å². The van der Waals surface area contributed by atoms with Gasteiger partial charge in [0.25, 0.3) is 0 Å². The zero-order chi connectivity index (χ0) is 16.5. The van der Waals surface area contributed by atoms with Crippen LogP contribution >= 0.6 is 0 Å². The van der Waals surface area contributed by atoms with Gasteiger partial charge < -0.3 is 4.74 Å². The van der Waals surface area contributed by atoms with Gasteiger partial charge >= 0.3 is 0 Å². The summed E-state index contributed by atoms with van der Waals surface area (Å²) in [7, 11) is 0. The van der Waals surface area contributed by atoms with Crippen LogP contribution in [0.1, 0.15) is 25.5 Å². The van der Waals surface area contributed by atoms with Crippen LogP contribution in [0.3, 0.4) is 0 Å². The molecule has 0 atom stereocenters. The van der Waals surface area contributed by atoms with Gasteiger partial charge in [-0.2, -0.15) is 15.0 Å². The molecule has 0 fully saturated rings. The molecule has 120 valence electrons. The minimum absolute atomic E-state index is 0.227. The Morgan fingerprint density at radius 1 is 0.917 bits per heavy atom. The van der Waals surface area contributed by atoms with E-state index in [4.69, 9.17) is 4.74 Å². The number of aromatic nitrogens is 3. The lowest BCUT2D eigenvalue weighted by Crippen LogP contribution is -2.04. The van der Waals surface area contributed by atoms with Gasteiger partial charge in [-0.1, -0.05) is 54.6 Å². The molecule has 4 heteroatoms. The Kier molecular flexibility index (Phi) is 3.65. The molecule has 0 unspecified atom stereocenters. The highest BCUT2D eigenvalue weighted by Gasteiger charge is 2.13. The van der Waals surface area contributed by atoms with Crippen molar-refractivity contribution in [2.45, 2.75) is 26.5 Å². The molecule has 0 aliphatic heterocycles. The van der Waals surface area contributed by atoms with Gasteiger partial charge in [0.15, 0.2) is 0 Å². The first kappa shape index (κ1) is 14.7. The van der Waals surface area contributed by atoms with Crippen molar-refractivity contribution in [3.63, 3.8) is 0 Å². The molecule has 1 aromatic heterocycles. The number of nitrogens with zero attached hydrogens (tertiary/aromatic N) is 3. The van der Waals surface area contributed by atoms with Gasteiger partial charge in [-0.3, -0.25) is 0 Å². The van der Waals surface area contributed by atoms with Gasteiger partial charge in [0.05, 0.1) is 6.04 Å². The van der Waals surface area contributed by atoms with Crippen molar-refractivity contribution in [1.29, 1.82) is 0 Å². The molecule has 0 amide bonds. The van der Waals surface area contributed by atoms with E-state index < -0.39 is 0 Å². The van der Waals surface area contributed by atoms with E-state index in [2.05, 4.69) is 48.3 Å². The summed E-state index contributed by atoms with van der Waals surface area (Å²) >= 11 is 0. The quantitative estimate of drug-likeness (QED) is 0.545. The second-order valence-corrected chi connectivity index (χ2v) is 6.18. The number of rotatable bonds is 4. The maximum absolute atomic E-state index is 6.11. The average molecular weight is 317 g/mol. The molecule has 1 heterocycles. The summed E-state index contributed by atoms with van der Waals surface area (Å²) in [6.07, 6.45) is 0. The summed E-state index contributed by atoms with van der Waals surface area (Å²) in [5, 5.41) is 11.4.